The Hall–Kier alpha value is -3.49. The number of imidazole rings is 1. The van der Waals surface area contributed by atoms with Gasteiger partial charge in [-0.25, -0.2) is 13.4 Å². The van der Waals surface area contributed by atoms with Crippen LogP contribution in [0.25, 0.3) is 22.5 Å². The average molecular weight is 484 g/mol. The molecule has 33 heavy (non-hydrogen) atoms. The number of halogens is 1. The number of hydrogen-bond donors (Lipinski definition) is 2. The van der Waals surface area contributed by atoms with Crippen LogP contribution in [0.4, 0.5) is 5.69 Å². The molecule has 7 nitrogen and oxygen atoms in total. The standard InChI is InChI=1S/C24H22ClN3O4S/c1-15-5-4-6-16(11-15)17-7-8-21(32-3)20(13-17)27-33(30,31)22-14-18(12-19(25)23(22)29)24-26-9-10-28(24)2/h4-14,27,29H,1-3H3. The summed E-state index contributed by atoms with van der Waals surface area (Å²) in [6, 6.07) is 15.9. The van der Waals surface area contributed by atoms with Crippen LogP contribution in [0.1, 0.15) is 5.56 Å². The minimum absolute atomic E-state index is 0.101. The number of hydrogen-bond acceptors (Lipinski definition) is 5. The molecule has 1 aromatic heterocycles. The summed E-state index contributed by atoms with van der Waals surface area (Å²) in [6.07, 6.45) is 3.31. The van der Waals surface area contributed by atoms with Crippen LogP contribution in [0.3, 0.4) is 0 Å². The molecule has 0 amide bonds. The number of sulfonamides is 1. The Kier molecular flexibility index (Phi) is 6.05. The van der Waals surface area contributed by atoms with Crippen molar-refractivity contribution in [3.05, 3.63) is 77.6 Å². The van der Waals surface area contributed by atoms with Crippen LogP contribution in [-0.4, -0.2) is 30.2 Å². The minimum Gasteiger partial charge on any atom is -0.505 e. The number of phenols is 1. The molecule has 0 bridgehead atoms. The number of ether oxygens (including phenoxy) is 1. The van der Waals surface area contributed by atoms with Gasteiger partial charge in [-0.3, -0.25) is 4.72 Å². The van der Waals surface area contributed by atoms with Gasteiger partial charge in [0.1, 0.15) is 16.5 Å². The fourth-order valence-electron chi connectivity index (χ4n) is 3.54. The second kappa shape index (κ2) is 8.80. The Balaban J connectivity index is 1.79. The highest BCUT2D eigenvalue weighted by Crippen LogP contribution is 2.38. The van der Waals surface area contributed by atoms with E-state index in [1.165, 1.54) is 19.2 Å². The summed E-state index contributed by atoms with van der Waals surface area (Å²) < 4.78 is 36.3. The molecule has 0 saturated carbocycles. The number of aryl methyl sites for hydroxylation is 2. The summed E-state index contributed by atoms with van der Waals surface area (Å²) in [4.78, 5) is 3.87. The normalized spacial score (nSPS) is 11.4. The Labute approximate surface area is 197 Å². The molecule has 4 aromatic rings. The van der Waals surface area contributed by atoms with Crippen LogP contribution < -0.4 is 9.46 Å². The molecule has 0 spiro atoms. The highest BCUT2D eigenvalue weighted by Gasteiger charge is 2.24. The van der Waals surface area contributed by atoms with Gasteiger partial charge < -0.3 is 14.4 Å². The quantitative estimate of drug-likeness (QED) is 0.391. The predicted molar refractivity (Wildman–Crippen MR) is 129 cm³/mol. The molecule has 4 rings (SSSR count). The van der Waals surface area contributed by atoms with E-state index in [-0.39, 0.29) is 15.6 Å². The highest BCUT2D eigenvalue weighted by atomic mass is 35.5. The molecule has 0 saturated heterocycles. The van der Waals surface area contributed by atoms with Crippen molar-refractivity contribution < 1.29 is 18.3 Å². The van der Waals surface area contributed by atoms with Crippen LogP contribution >= 0.6 is 11.6 Å². The molecule has 1 heterocycles. The number of anilines is 1. The number of benzene rings is 3. The molecule has 0 aliphatic rings. The smallest absolute Gasteiger partial charge is 0.265 e. The van der Waals surface area contributed by atoms with Gasteiger partial charge in [0.2, 0.25) is 0 Å². The summed E-state index contributed by atoms with van der Waals surface area (Å²) >= 11 is 6.17. The number of rotatable bonds is 6. The van der Waals surface area contributed by atoms with E-state index in [2.05, 4.69) is 9.71 Å². The molecule has 0 aliphatic heterocycles. The zero-order valence-corrected chi connectivity index (χ0v) is 19.8. The molecule has 2 N–H and O–H groups in total. The van der Waals surface area contributed by atoms with Crippen molar-refractivity contribution >= 4 is 27.3 Å². The predicted octanol–water partition coefficient (Wildman–Crippen LogP) is 5.23. The Morgan fingerprint density at radius 3 is 2.48 bits per heavy atom. The maximum Gasteiger partial charge on any atom is 0.265 e. The van der Waals surface area contributed by atoms with Crippen LogP contribution in [0, 0.1) is 6.92 Å². The van der Waals surface area contributed by atoms with Crippen molar-refractivity contribution in [2.75, 3.05) is 11.8 Å². The molecule has 0 radical (unpaired) electrons. The monoisotopic (exact) mass is 483 g/mol. The lowest BCUT2D eigenvalue weighted by Gasteiger charge is -2.16. The number of phenolic OH excluding ortho intramolecular Hbond substituents is 1. The number of nitrogens with one attached hydrogen (secondary N) is 1. The Morgan fingerprint density at radius 2 is 1.82 bits per heavy atom. The van der Waals surface area contributed by atoms with Crippen LogP contribution in [-0.2, 0) is 17.1 Å². The zero-order valence-electron chi connectivity index (χ0n) is 18.2. The third-order valence-electron chi connectivity index (χ3n) is 5.19. The lowest BCUT2D eigenvalue weighted by molar-refractivity contribution is 0.417. The fraction of sp³-hybridized carbons (Fsp3) is 0.125. The summed E-state index contributed by atoms with van der Waals surface area (Å²) in [6.45, 7) is 1.98. The number of methoxy groups -OCH3 is 1. The molecule has 0 atom stereocenters. The third-order valence-corrected chi connectivity index (χ3v) is 6.86. The van der Waals surface area contributed by atoms with E-state index in [0.29, 0.717) is 17.1 Å². The van der Waals surface area contributed by atoms with Crippen molar-refractivity contribution in [3.63, 3.8) is 0 Å². The van der Waals surface area contributed by atoms with E-state index in [1.54, 1.807) is 36.1 Å². The van der Waals surface area contributed by atoms with Crippen molar-refractivity contribution in [2.45, 2.75) is 11.8 Å². The fourth-order valence-corrected chi connectivity index (χ4v) is 5.02. The molecule has 0 unspecified atom stereocenters. The van der Waals surface area contributed by atoms with E-state index in [0.717, 1.165) is 16.7 Å². The van der Waals surface area contributed by atoms with E-state index in [1.807, 2.05) is 37.3 Å². The summed E-state index contributed by atoms with van der Waals surface area (Å²) in [5.41, 5.74) is 3.50. The van der Waals surface area contributed by atoms with Gasteiger partial charge in [-0.1, -0.05) is 47.5 Å². The van der Waals surface area contributed by atoms with E-state index in [4.69, 9.17) is 16.3 Å². The van der Waals surface area contributed by atoms with Gasteiger partial charge in [-0.2, -0.15) is 0 Å². The number of aromatic hydroxyl groups is 1. The Bertz CT molecular complexity index is 1450. The lowest BCUT2D eigenvalue weighted by Crippen LogP contribution is -2.14. The largest absolute Gasteiger partial charge is 0.505 e. The second-order valence-corrected chi connectivity index (χ2v) is 9.61. The van der Waals surface area contributed by atoms with Gasteiger partial charge in [0.05, 0.1) is 17.8 Å². The zero-order chi connectivity index (χ0) is 23.8. The molecule has 9 heteroatoms. The topological polar surface area (TPSA) is 93.5 Å². The van der Waals surface area contributed by atoms with Gasteiger partial charge in [-0.15, -0.1) is 0 Å². The lowest BCUT2D eigenvalue weighted by atomic mass is 10.0. The SMILES string of the molecule is COc1ccc(-c2cccc(C)c2)cc1NS(=O)(=O)c1cc(-c2nccn2C)cc(Cl)c1O. The van der Waals surface area contributed by atoms with Crippen molar-refractivity contribution in [2.24, 2.45) is 7.05 Å². The second-order valence-electron chi connectivity index (χ2n) is 7.56. The van der Waals surface area contributed by atoms with Gasteiger partial charge in [0, 0.05) is 25.0 Å². The molecule has 3 aromatic carbocycles. The number of nitrogens with zero attached hydrogens (tertiary/aromatic N) is 2. The average Bonchev–Trinajstić information content (AvgIpc) is 3.21. The summed E-state index contributed by atoms with van der Waals surface area (Å²) in [5, 5.41) is 10.4. The van der Waals surface area contributed by atoms with Crippen molar-refractivity contribution in [1.82, 2.24) is 9.55 Å². The highest BCUT2D eigenvalue weighted by molar-refractivity contribution is 7.92. The molecule has 170 valence electrons. The van der Waals surface area contributed by atoms with Gasteiger partial charge >= 0.3 is 0 Å². The van der Waals surface area contributed by atoms with E-state index in [9.17, 15) is 13.5 Å². The van der Waals surface area contributed by atoms with Crippen molar-refractivity contribution in [1.29, 1.82) is 0 Å². The first-order valence-electron chi connectivity index (χ1n) is 9.97. The maximum absolute atomic E-state index is 13.3. The molecular formula is C24H22ClN3O4S. The maximum atomic E-state index is 13.3. The van der Waals surface area contributed by atoms with E-state index < -0.39 is 15.8 Å². The van der Waals surface area contributed by atoms with Crippen LogP contribution in [0.15, 0.2) is 71.9 Å². The van der Waals surface area contributed by atoms with Gasteiger partial charge in [0.15, 0.2) is 5.75 Å². The Morgan fingerprint density at radius 1 is 1.06 bits per heavy atom. The minimum atomic E-state index is -4.23. The first-order valence-corrected chi connectivity index (χ1v) is 11.8. The van der Waals surface area contributed by atoms with Gasteiger partial charge in [0.25, 0.3) is 10.0 Å². The molecule has 0 aliphatic carbocycles. The van der Waals surface area contributed by atoms with Crippen molar-refractivity contribution in [3.8, 4) is 34.0 Å². The molecular weight excluding hydrogens is 462 g/mol. The number of aromatic nitrogens is 2. The van der Waals surface area contributed by atoms with Crippen LogP contribution in [0.5, 0.6) is 11.5 Å². The first-order chi connectivity index (χ1) is 15.7. The van der Waals surface area contributed by atoms with E-state index >= 15 is 0 Å². The third kappa shape index (κ3) is 4.53. The summed E-state index contributed by atoms with van der Waals surface area (Å²) in [5.74, 6) is 0.295. The van der Waals surface area contributed by atoms with Gasteiger partial charge in [-0.05, 0) is 42.3 Å². The molecule has 0 fully saturated rings. The first kappa shape index (κ1) is 22.7. The summed E-state index contributed by atoms with van der Waals surface area (Å²) in [7, 11) is -1.01. The van der Waals surface area contributed by atoms with Crippen LogP contribution in [0.2, 0.25) is 5.02 Å².